The highest BCUT2D eigenvalue weighted by Gasteiger charge is 2.48. The van der Waals surface area contributed by atoms with E-state index in [9.17, 15) is 9.32 Å². The number of pyridine rings is 1. The van der Waals surface area contributed by atoms with Gasteiger partial charge in [0.25, 0.3) is 6.01 Å². The zero-order chi connectivity index (χ0) is 27.5. The number of fused-ring (bicyclic) bond motifs is 2. The van der Waals surface area contributed by atoms with E-state index in [1.54, 1.807) is 24.3 Å². The third-order valence-corrected chi connectivity index (χ3v) is 7.39. The Bertz CT molecular complexity index is 1680. The molecule has 1 unspecified atom stereocenters. The molecule has 39 heavy (non-hydrogen) atoms. The number of aliphatic hydroxyl groups is 1. The number of aliphatic hydroxyl groups excluding tert-OH is 1. The van der Waals surface area contributed by atoms with Crippen molar-refractivity contribution in [3.63, 3.8) is 0 Å². The molecule has 4 atom stereocenters. The summed E-state index contributed by atoms with van der Waals surface area (Å²) in [5.41, 5.74) is 1.43. The average Bonchev–Trinajstić information content (AvgIpc) is 3.55. The third kappa shape index (κ3) is 5.10. The summed E-state index contributed by atoms with van der Waals surface area (Å²) in [5.74, 6) is -1.70. The summed E-state index contributed by atoms with van der Waals surface area (Å²) in [6.07, 6.45) is 0.923. The molecule has 0 saturated carbocycles. The van der Waals surface area contributed by atoms with Crippen molar-refractivity contribution in [1.29, 1.82) is 0 Å². The lowest BCUT2D eigenvalue weighted by Gasteiger charge is -2.15. The number of nitrogens with one attached hydrogen (secondary N) is 1. The summed E-state index contributed by atoms with van der Waals surface area (Å²) in [5, 5.41) is 9.93. The van der Waals surface area contributed by atoms with E-state index < -0.39 is 45.8 Å². The van der Waals surface area contributed by atoms with Gasteiger partial charge >= 0.3 is 0 Å². The minimum atomic E-state index is -2.33. The van der Waals surface area contributed by atoms with Gasteiger partial charge in [-0.25, -0.2) is 18.0 Å². The third-order valence-electron chi connectivity index (χ3n) is 6.45. The zero-order valence-electron chi connectivity index (χ0n) is 20.7. The van der Waals surface area contributed by atoms with Crippen molar-refractivity contribution in [3.05, 3.63) is 59.1 Å². The van der Waals surface area contributed by atoms with Crippen molar-refractivity contribution in [2.24, 2.45) is 4.36 Å². The molecule has 2 aliphatic heterocycles. The number of hydrogen-bond acceptors (Lipinski definition) is 8. The summed E-state index contributed by atoms with van der Waals surface area (Å²) >= 11 is 6.39. The minimum Gasteiger partial charge on any atom is -0.456 e. The molecule has 0 aliphatic carbocycles. The first-order valence-electron chi connectivity index (χ1n) is 12.0. The van der Waals surface area contributed by atoms with E-state index in [4.69, 9.17) is 25.8 Å². The van der Waals surface area contributed by atoms with Crippen LogP contribution in [0.5, 0.6) is 6.01 Å². The summed E-state index contributed by atoms with van der Waals surface area (Å²) in [6.45, 7) is 0.369. The van der Waals surface area contributed by atoms with E-state index in [-0.39, 0.29) is 41.2 Å². The van der Waals surface area contributed by atoms with E-state index in [0.717, 1.165) is 0 Å². The molecule has 2 aromatic carbocycles. The maximum Gasteiger partial charge on any atom is 0.296 e. The minimum absolute atomic E-state index is 0.0171. The van der Waals surface area contributed by atoms with E-state index in [1.165, 1.54) is 30.7 Å². The zero-order valence-corrected chi connectivity index (χ0v) is 22.3. The van der Waals surface area contributed by atoms with E-state index in [2.05, 4.69) is 19.3 Å². The van der Waals surface area contributed by atoms with Crippen molar-refractivity contribution in [3.8, 4) is 28.4 Å². The number of benzene rings is 2. The number of nitrogens with zero attached hydrogens (tertiary/aromatic N) is 3. The summed E-state index contributed by atoms with van der Waals surface area (Å²) < 4.78 is 63.6. The van der Waals surface area contributed by atoms with E-state index in [1.807, 2.05) is 0 Å². The van der Waals surface area contributed by atoms with Crippen LogP contribution in [0.3, 0.4) is 0 Å². The molecule has 2 saturated heterocycles. The monoisotopic (exact) mass is 576 g/mol. The van der Waals surface area contributed by atoms with Gasteiger partial charge in [0.05, 0.1) is 40.7 Å². The van der Waals surface area contributed by atoms with Crippen LogP contribution in [-0.2, 0) is 19.2 Å². The first-order valence-corrected chi connectivity index (χ1v) is 14.7. The Hall–Kier alpha value is -3.16. The normalized spacial score (nSPS) is 22.8. The molecule has 4 aromatic rings. The van der Waals surface area contributed by atoms with Gasteiger partial charge in [-0.1, -0.05) is 23.7 Å². The van der Waals surface area contributed by atoms with Crippen LogP contribution >= 0.6 is 11.6 Å². The fraction of sp³-hybridized carbons (Fsp3) is 0.308. The molecule has 4 heterocycles. The fourth-order valence-corrected chi connectivity index (χ4v) is 5.63. The SMILES string of the molecule is CS(C)(=O)=Nc1ccc(-c2cc(F)c(-c3nc4nc(O[C@@H]5CO[C@H]6C5OC[C@H]6O)[nH]c4cc3Cl)c(F)c2)cc1. The highest BCUT2D eigenvalue weighted by molar-refractivity contribution is 7.92. The van der Waals surface area contributed by atoms with Crippen LogP contribution < -0.4 is 4.74 Å². The van der Waals surface area contributed by atoms with E-state index >= 15 is 8.78 Å². The predicted molar refractivity (Wildman–Crippen MR) is 142 cm³/mol. The second kappa shape index (κ2) is 9.79. The summed E-state index contributed by atoms with van der Waals surface area (Å²) in [4.78, 5) is 11.6. The van der Waals surface area contributed by atoms with Gasteiger partial charge in [0, 0.05) is 22.2 Å². The molecule has 0 bridgehead atoms. The van der Waals surface area contributed by atoms with Crippen LogP contribution in [-0.4, -0.2) is 74.4 Å². The lowest BCUT2D eigenvalue weighted by Crippen LogP contribution is -2.34. The molecule has 2 N–H and O–H groups in total. The molecule has 2 aromatic heterocycles. The quantitative estimate of drug-likeness (QED) is 0.359. The second-order valence-electron chi connectivity index (χ2n) is 9.69. The Kier molecular flexibility index (Phi) is 6.55. The largest absolute Gasteiger partial charge is 0.456 e. The van der Waals surface area contributed by atoms with Crippen LogP contribution in [0, 0.1) is 11.6 Å². The van der Waals surface area contributed by atoms with Crippen molar-refractivity contribution < 1.29 is 32.3 Å². The number of rotatable bonds is 5. The Balaban J connectivity index is 1.29. The second-order valence-corrected chi connectivity index (χ2v) is 12.6. The maximum absolute atomic E-state index is 15.3. The van der Waals surface area contributed by atoms with Crippen molar-refractivity contribution in [2.75, 3.05) is 25.7 Å². The molecule has 2 aliphatic rings. The van der Waals surface area contributed by atoms with Gasteiger partial charge in [0.15, 0.2) is 11.8 Å². The molecular weight excluding hydrogens is 554 g/mol. The molecule has 2 fully saturated rings. The summed E-state index contributed by atoms with van der Waals surface area (Å²) in [7, 11) is -2.33. The average molecular weight is 577 g/mol. The fourth-order valence-electron chi connectivity index (χ4n) is 4.75. The number of ether oxygens (including phenoxy) is 3. The molecule has 0 spiro atoms. The van der Waals surface area contributed by atoms with Gasteiger partial charge in [0.1, 0.15) is 29.9 Å². The first-order chi connectivity index (χ1) is 18.6. The van der Waals surface area contributed by atoms with E-state index in [0.29, 0.717) is 22.3 Å². The number of halogens is 3. The molecule has 9 nitrogen and oxygen atoms in total. The molecule has 204 valence electrons. The van der Waals surface area contributed by atoms with Crippen molar-refractivity contribution in [2.45, 2.75) is 24.4 Å². The topological polar surface area (TPSA) is 119 Å². The highest BCUT2D eigenvalue weighted by Crippen LogP contribution is 2.36. The van der Waals surface area contributed by atoms with Gasteiger partial charge in [0.2, 0.25) is 0 Å². The number of hydrogen-bond donors (Lipinski definition) is 2. The van der Waals surface area contributed by atoms with Crippen LogP contribution in [0.4, 0.5) is 14.5 Å². The molecular formula is C26H23ClF2N4O5S. The van der Waals surface area contributed by atoms with Gasteiger partial charge in [-0.3, -0.25) is 0 Å². The Morgan fingerprint density at radius 1 is 1.05 bits per heavy atom. The molecule has 13 heteroatoms. The Morgan fingerprint density at radius 2 is 1.74 bits per heavy atom. The number of aromatic nitrogens is 3. The molecule has 0 radical (unpaired) electrons. The van der Waals surface area contributed by atoms with Gasteiger partial charge in [-0.2, -0.15) is 9.35 Å². The summed E-state index contributed by atoms with van der Waals surface area (Å²) in [6, 6.07) is 10.5. The van der Waals surface area contributed by atoms with Crippen molar-refractivity contribution >= 4 is 38.2 Å². The lowest BCUT2D eigenvalue weighted by molar-refractivity contribution is 0.00706. The van der Waals surface area contributed by atoms with Gasteiger partial charge < -0.3 is 24.3 Å². The highest BCUT2D eigenvalue weighted by atomic mass is 35.5. The number of aromatic amines is 1. The van der Waals surface area contributed by atoms with Crippen LogP contribution in [0.2, 0.25) is 5.02 Å². The van der Waals surface area contributed by atoms with Gasteiger partial charge in [-0.05, 0) is 41.5 Å². The number of H-pyrrole nitrogens is 1. The number of imidazole rings is 1. The molecule has 0 amide bonds. The standard InChI is InChI=1S/C26H23ClF2N4O5S/c1-39(2,35)33-14-5-3-12(4-6-14)13-7-16(28)21(17(29)8-13)22-15(27)9-18-25(31-22)32-26(30-18)38-20-11-37-23-19(34)10-36-24(20)23/h3-9,19-20,23-24,34H,10-11H2,1-2H3,(H,30,31,32)/t19-,20-,23-,24?/m1/s1. The van der Waals surface area contributed by atoms with Gasteiger partial charge in [-0.15, -0.1) is 0 Å². The lowest BCUT2D eigenvalue weighted by atomic mass is 10.0. The smallest absolute Gasteiger partial charge is 0.296 e. The van der Waals surface area contributed by atoms with Crippen LogP contribution in [0.15, 0.2) is 46.8 Å². The Morgan fingerprint density at radius 3 is 2.44 bits per heavy atom. The van der Waals surface area contributed by atoms with Crippen LogP contribution in [0.25, 0.3) is 33.5 Å². The first kappa shape index (κ1) is 26.1. The Labute approximate surface area is 227 Å². The maximum atomic E-state index is 15.3. The van der Waals surface area contributed by atoms with Crippen molar-refractivity contribution in [1.82, 2.24) is 15.0 Å². The molecule has 6 rings (SSSR count). The predicted octanol–water partition coefficient (Wildman–Crippen LogP) is 4.49. The van der Waals surface area contributed by atoms with Crippen LogP contribution in [0.1, 0.15) is 0 Å².